The highest BCUT2D eigenvalue weighted by Gasteiger charge is 2.26. The molecule has 2 N–H and O–H groups in total. The molecule has 0 aliphatic carbocycles. The molecule has 1 saturated heterocycles. The first kappa shape index (κ1) is 32.7. The minimum Gasteiger partial charge on any atom is -0.492 e. The van der Waals surface area contributed by atoms with Gasteiger partial charge in [0.15, 0.2) is 5.75 Å². The first-order chi connectivity index (χ1) is 20.7. The van der Waals surface area contributed by atoms with Gasteiger partial charge in [-0.05, 0) is 40.6 Å². The number of ketones is 1. The number of hydrogen-bond donors (Lipinski definition) is 2. The Morgan fingerprint density at radius 1 is 0.932 bits per heavy atom. The fourth-order valence-electron chi connectivity index (χ4n) is 5.12. The van der Waals surface area contributed by atoms with Crippen molar-refractivity contribution in [3.8, 4) is 11.5 Å². The van der Waals surface area contributed by atoms with Gasteiger partial charge < -0.3 is 19.7 Å². The van der Waals surface area contributed by atoms with E-state index in [9.17, 15) is 22.8 Å². The molecule has 11 nitrogen and oxygen atoms in total. The number of amides is 2. The summed E-state index contributed by atoms with van der Waals surface area (Å²) in [5.41, 5.74) is 0.834. The third-order valence-electron chi connectivity index (χ3n) is 7.52. The SMILES string of the molecule is COc1c(NC(=O)C(=O)c2ccc(OCCN3CCN(C(C)=O)CC3)c3ccccc23)cc(C(C)(C)C)cc1NS(C)(=O)=O. The summed E-state index contributed by atoms with van der Waals surface area (Å²) >= 11 is 0. The van der Waals surface area contributed by atoms with Crippen LogP contribution in [0.5, 0.6) is 11.5 Å². The van der Waals surface area contributed by atoms with Crippen LogP contribution in [0.4, 0.5) is 11.4 Å². The van der Waals surface area contributed by atoms with Crippen LogP contribution in [0.3, 0.4) is 0 Å². The standard InChI is InChI=1S/C32H40N4O7S/c1-21(37)36-15-13-35(14-16-36)17-18-43-28-12-11-25(23-9-7-8-10-24(23)28)29(38)31(39)33-26-19-22(32(2,3)4)20-27(30(26)42-5)34-44(6,40)41/h7-12,19-20,34H,13-18H2,1-6H3,(H,33,39). The molecule has 2 amide bonds. The lowest BCUT2D eigenvalue weighted by atomic mass is 9.86. The van der Waals surface area contributed by atoms with Crippen molar-refractivity contribution in [2.75, 3.05) is 62.7 Å². The molecule has 1 aliphatic rings. The number of ether oxygens (including phenoxy) is 2. The van der Waals surface area contributed by atoms with Crippen LogP contribution in [0.25, 0.3) is 10.8 Å². The third-order valence-corrected chi connectivity index (χ3v) is 8.11. The number of fused-ring (bicyclic) bond motifs is 1. The Morgan fingerprint density at radius 3 is 2.16 bits per heavy atom. The predicted octanol–water partition coefficient (Wildman–Crippen LogP) is 3.88. The number of nitrogens with one attached hydrogen (secondary N) is 2. The number of Topliss-reactive ketones (excluding diaryl/α,β-unsaturated/α-hetero) is 1. The normalized spacial score (nSPS) is 14.3. The molecule has 0 radical (unpaired) electrons. The summed E-state index contributed by atoms with van der Waals surface area (Å²) in [7, 11) is -2.31. The number of nitrogens with zero attached hydrogens (tertiary/aromatic N) is 2. The molecule has 0 spiro atoms. The molecule has 3 aromatic carbocycles. The number of methoxy groups -OCH3 is 1. The molecule has 236 valence electrons. The van der Waals surface area contributed by atoms with E-state index in [-0.39, 0.29) is 28.6 Å². The van der Waals surface area contributed by atoms with Gasteiger partial charge in [-0.25, -0.2) is 8.42 Å². The highest BCUT2D eigenvalue weighted by atomic mass is 32.2. The van der Waals surface area contributed by atoms with Gasteiger partial charge in [-0.1, -0.05) is 45.0 Å². The molecule has 0 saturated carbocycles. The number of sulfonamides is 1. The average Bonchev–Trinajstić information content (AvgIpc) is 2.95. The number of carbonyl (C=O) groups excluding carboxylic acids is 3. The maximum atomic E-state index is 13.5. The summed E-state index contributed by atoms with van der Waals surface area (Å²) in [5, 5.41) is 3.91. The number of anilines is 2. The van der Waals surface area contributed by atoms with Gasteiger partial charge in [0.1, 0.15) is 12.4 Å². The van der Waals surface area contributed by atoms with Crippen molar-refractivity contribution in [1.82, 2.24) is 9.80 Å². The second-order valence-electron chi connectivity index (χ2n) is 11.9. The highest BCUT2D eigenvalue weighted by molar-refractivity contribution is 7.92. The molecular weight excluding hydrogens is 584 g/mol. The average molecular weight is 625 g/mol. The van der Waals surface area contributed by atoms with E-state index in [0.29, 0.717) is 42.8 Å². The van der Waals surface area contributed by atoms with Crippen LogP contribution in [0.2, 0.25) is 0 Å². The van der Waals surface area contributed by atoms with Crippen molar-refractivity contribution < 1.29 is 32.3 Å². The van der Waals surface area contributed by atoms with Crippen LogP contribution in [0, 0.1) is 0 Å². The highest BCUT2D eigenvalue weighted by Crippen LogP contribution is 2.39. The number of hydrogen-bond acceptors (Lipinski definition) is 8. The van der Waals surface area contributed by atoms with E-state index in [1.54, 1.807) is 43.3 Å². The van der Waals surface area contributed by atoms with Crippen molar-refractivity contribution in [2.45, 2.75) is 33.1 Å². The molecule has 1 aliphatic heterocycles. The summed E-state index contributed by atoms with van der Waals surface area (Å²) in [6.07, 6.45) is 1.02. The van der Waals surface area contributed by atoms with Crippen molar-refractivity contribution in [1.29, 1.82) is 0 Å². The minimum absolute atomic E-state index is 0.0842. The summed E-state index contributed by atoms with van der Waals surface area (Å²) in [6, 6.07) is 13.8. The van der Waals surface area contributed by atoms with Crippen LogP contribution in [0.15, 0.2) is 48.5 Å². The molecule has 1 heterocycles. The van der Waals surface area contributed by atoms with Crippen LogP contribution in [-0.2, 0) is 25.0 Å². The van der Waals surface area contributed by atoms with Gasteiger partial charge in [-0.15, -0.1) is 0 Å². The zero-order valence-corrected chi connectivity index (χ0v) is 26.8. The molecular formula is C32H40N4O7S. The second-order valence-corrected chi connectivity index (χ2v) is 13.6. The van der Waals surface area contributed by atoms with Gasteiger partial charge in [-0.3, -0.25) is 24.0 Å². The first-order valence-corrected chi connectivity index (χ1v) is 16.3. The fourth-order valence-corrected chi connectivity index (χ4v) is 5.67. The molecule has 1 fully saturated rings. The smallest absolute Gasteiger partial charge is 0.296 e. The summed E-state index contributed by atoms with van der Waals surface area (Å²) in [5.74, 6) is -0.904. The Labute approximate surface area is 258 Å². The lowest BCUT2D eigenvalue weighted by molar-refractivity contribution is -0.130. The van der Waals surface area contributed by atoms with E-state index in [2.05, 4.69) is 14.9 Å². The number of benzene rings is 3. The largest absolute Gasteiger partial charge is 0.492 e. The minimum atomic E-state index is -3.66. The Bertz CT molecular complexity index is 1670. The van der Waals surface area contributed by atoms with Crippen molar-refractivity contribution in [2.24, 2.45) is 0 Å². The van der Waals surface area contributed by atoms with Crippen LogP contribution in [-0.4, -0.2) is 88.5 Å². The van der Waals surface area contributed by atoms with Gasteiger partial charge in [-0.2, -0.15) is 0 Å². The van der Waals surface area contributed by atoms with E-state index in [0.717, 1.165) is 24.9 Å². The van der Waals surface area contributed by atoms with Gasteiger partial charge in [0, 0.05) is 50.6 Å². The molecule has 0 atom stereocenters. The number of carbonyl (C=O) groups is 3. The maximum absolute atomic E-state index is 13.5. The molecule has 4 rings (SSSR count). The maximum Gasteiger partial charge on any atom is 0.296 e. The van der Waals surface area contributed by atoms with Crippen LogP contribution < -0.4 is 19.5 Å². The van der Waals surface area contributed by atoms with Gasteiger partial charge in [0.25, 0.3) is 11.7 Å². The fraction of sp³-hybridized carbons (Fsp3) is 0.406. The predicted molar refractivity (Wildman–Crippen MR) is 171 cm³/mol. The Balaban J connectivity index is 1.55. The molecule has 44 heavy (non-hydrogen) atoms. The van der Waals surface area contributed by atoms with E-state index < -0.39 is 27.1 Å². The van der Waals surface area contributed by atoms with E-state index >= 15 is 0 Å². The second kappa shape index (κ2) is 13.2. The van der Waals surface area contributed by atoms with Crippen LogP contribution >= 0.6 is 0 Å². The first-order valence-electron chi connectivity index (χ1n) is 14.4. The van der Waals surface area contributed by atoms with E-state index in [1.165, 1.54) is 7.11 Å². The topological polar surface area (TPSA) is 134 Å². The molecule has 3 aromatic rings. The summed E-state index contributed by atoms with van der Waals surface area (Å²) in [4.78, 5) is 42.5. The van der Waals surface area contributed by atoms with Crippen molar-refractivity contribution in [3.05, 3.63) is 59.7 Å². The zero-order chi connectivity index (χ0) is 32.2. The van der Waals surface area contributed by atoms with Gasteiger partial charge in [0.2, 0.25) is 15.9 Å². The van der Waals surface area contributed by atoms with Gasteiger partial charge in [0.05, 0.1) is 24.7 Å². The van der Waals surface area contributed by atoms with E-state index in [1.807, 2.05) is 37.8 Å². The lowest BCUT2D eigenvalue weighted by Gasteiger charge is -2.34. The lowest BCUT2D eigenvalue weighted by Crippen LogP contribution is -2.48. The molecule has 12 heteroatoms. The Morgan fingerprint density at radius 2 is 1.57 bits per heavy atom. The summed E-state index contributed by atoms with van der Waals surface area (Å²) < 4.78 is 38.1. The van der Waals surface area contributed by atoms with E-state index in [4.69, 9.17) is 9.47 Å². The zero-order valence-electron chi connectivity index (χ0n) is 26.0. The van der Waals surface area contributed by atoms with Crippen LogP contribution in [0.1, 0.15) is 43.6 Å². The Kier molecular flexibility index (Phi) is 9.85. The van der Waals surface area contributed by atoms with Crippen molar-refractivity contribution in [3.63, 3.8) is 0 Å². The molecule has 0 unspecified atom stereocenters. The number of rotatable bonds is 10. The van der Waals surface area contributed by atoms with Gasteiger partial charge >= 0.3 is 0 Å². The number of piperazine rings is 1. The third kappa shape index (κ3) is 7.86. The molecule has 0 aromatic heterocycles. The summed E-state index contributed by atoms with van der Waals surface area (Å²) in [6.45, 7) is 11.5. The monoisotopic (exact) mass is 624 g/mol. The Hall–Kier alpha value is -4.16. The quantitative estimate of drug-likeness (QED) is 0.257. The molecule has 0 bridgehead atoms. The van der Waals surface area contributed by atoms with Crippen molar-refractivity contribution >= 4 is 49.8 Å².